The van der Waals surface area contributed by atoms with Gasteiger partial charge in [0.1, 0.15) is 0 Å². The van der Waals surface area contributed by atoms with Gasteiger partial charge in [0.25, 0.3) is 0 Å². The van der Waals surface area contributed by atoms with Crippen LogP contribution in [0.3, 0.4) is 0 Å². The molecule has 0 bridgehead atoms. The molecule has 1 aromatic carbocycles. The molecule has 0 spiro atoms. The van der Waals surface area contributed by atoms with E-state index in [1.54, 1.807) is 13.1 Å². The molecule has 2 nitrogen and oxygen atoms in total. The van der Waals surface area contributed by atoms with Gasteiger partial charge in [0.15, 0.2) is 0 Å². The molecule has 1 aromatic rings. The second kappa shape index (κ2) is 7.27. The molecule has 0 aliphatic rings. The Kier molecular flexibility index (Phi) is 6.23. The summed E-state index contributed by atoms with van der Waals surface area (Å²) in [7, 11) is 1.72. The summed E-state index contributed by atoms with van der Waals surface area (Å²) in [6.07, 6.45) is -3.41. The lowest BCUT2D eigenvalue weighted by Crippen LogP contribution is -2.23. The Morgan fingerprint density at radius 2 is 1.86 bits per heavy atom. The third-order valence-electron chi connectivity index (χ3n) is 3.25. The lowest BCUT2D eigenvalue weighted by Gasteiger charge is -2.21. The van der Waals surface area contributed by atoms with Crippen LogP contribution in [0.4, 0.5) is 13.2 Å². The number of hydrogen-bond acceptors (Lipinski definition) is 2. The monoisotopic (exact) mass is 303 g/mol. The van der Waals surface area contributed by atoms with Gasteiger partial charge in [-0.15, -0.1) is 0 Å². The first-order valence-electron chi connectivity index (χ1n) is 7.05. The summed E-state index contributed by atoms with van der Waals surface area (Å²) in [5.74, 6) is 0. The lowest BCUT2D eigenvalue weighted by molar-refractivity contribution is -0.137. The molecule has 21 heavy (non-hydrogen) atoms. The van der Waals surface area contributed by atoms with E-state index in [0.29, 0.717) is 18.8 Å². The molecule has 0 saturated heterocycles. The summed E-state index contributed by atoms with van der Waals surface area (Å²) in [5, 5.41) is 3.00. The minimum Gasteiger partial charge on any atom is -0.379 e. The van der Waals surface area contributed by atoms with Crippen molar-refractivity contribution in [2.24, 2.45) is 5.41 Å². The van der Waals surface area contributed by atoms with E-state index in [2.05, 4.69) is 26.1 Å². The van der Waals surface area contributed by atoms with E-state index >= 15 is 0 Å². The Bertz CT molecular complexity index is 438. The lowest BCUT2D eigenvalue weighted by atomic mass is 9.93. The number of likely N-dealkylation sites (N-methyl/N-ethyl adjacent to an activating group) is 1. The first-order valence-corrected chi connectivity index (χ1v) is 7.05. The van der Waals surface area contributed by atoms with Crippen molar-refractivity contribution >= 4 is 0 Å². The van der Waals surface area contributed by atoms with Crippen LogP contribution in [-0.4, -0.2) is 20.3 Å². The Hall–Kier alpha value is -1.07. The second-order valence-corrected chi connectivity index (χ2v) is 6.35. The van der Waals surface area contributed by atoms with Gasteiger partial charge in [-0.25, -0.2) is 0 Å². The number of halogens is 3. The maximum absolute atomic E-state index is 12.7. The van der Waals surface area contributed by atoms with Gasteiger partial charge in [-0.05, 0) is 36.6 Å². The molecule has 0 aliphatic carbocycles. The first-order chi connectivity index (χ1) is 9.63. The normalized spacial score (nSPS) is 14.2. The van der Waals surface area contributed by atoms with Gasteiger partial charge in [-0.3, -0.25) is 0 Å². The van der Waals surface area contributed by atoms with Crippen LogP contribution in [0.2, 0.25) is 0 Å². The zero-order valence-electron chi connectivity index (χ0n) is 13.1. The SMILES string of the molecule is CNC(COCCC(C)(C)C)c1cccc(C(F)(F)F)c1. The fraction of sp³-hybridized carbons (Fsp3) is 0.625. The zero-order chi connectivity index (χ0) is 16.1. The van der Waals surface area contributed by atoms with E-state index in [-0.39, 0.29) is 11.5 Å². The van der Waals surface area contributed by atoms with Gasteiger partial charge in [-0.1, -0.05) is 32.9 Å². The fourth-order valence-corrected chi connectivity index (χ4v) is 1.86. The van der Waals surface area contributed by atoms with E-state index in [4.69, 9.17) is 4.74 Å². The van der Waals surface area contributed by atoms with Crippen LogP contribution in [0.25, 0.3) is 0 Å². The smallest absolute Gasteiger partial charge is 0.379 e. The van der Waals surface area contributed by atoms with Gasteiger partial charge in [0, 0.05) is 6.61 Å². The predicted octanol–water partition coefficient (Wildman–Crippen LogP) is 4.42. The molecule has 1 rings (SSSR count). The van der Waals surface area contributed by atoms with Crippen molar-refractivity contribution in [3.63, 3.8) is 0 Å². The van der Waals surface area contributed by atoms with Crippen LogP contribution in [-0.2, 0) is 10.9 Å². The van der Waals surface area contributed by atoms with Crippen molar-refractivity contribution in [2.75, 3.05) is 20.3 Å². The summed E-state index contributed by atoms with van der Waals surface area (Å²) in [5.41, 5.74) is 0.142. The highest BCUT2D eigenvalue weighted by molar-refractivity contribution is 5.28. The summed E-state index contributed by atoms with van der Waals surface area (Å²) >= 11 is 0. The van der Waals surface area contributed by atoms with Crippen molar-refractivity contribution in [1.29, 1.82) is 0 Å². The van der Waals surface area contributed by atoms with Gasteiger partial charge in [0.05, 0.1) is 18.2 Å². The molecule has 0 saturated carbocycles. The van der Waals surface area contributed by atoms with Crippen LogP contribution in [0.1, 0.15) is 44.4 Å². The molecule has 0 aliphatic heterocycles. The summed E-state index contributed by atoms with van der Waals surface area (Å²) < 4.78 is 43.8. The number of ether oxygens (including phenoxy) is 1. The molecule has 5 heteroatoms. The number of nitrogens with one attached hydrogen (secondary N) is 1. The zero-order valence-corrected chi connectivity index (χ0v) is 13.1. The Balaban J connectivity index is 2.64. The average Bonchev–Trinajstić information content (AvgIpc) is 2.37. The Labute approximate surface area is 124 Å². The largest absolute Gasteiger partial charge is 0.416 e. The molecule has 1 unspecified atom stereocenters. The van der Waals surface area contributed by atoms with E-state index in [1.165, 1.54) is 12.1 Å². The topological polar surface area (TPSA) is 21.3 Å². The average molecular weight is 303 g/mol. The fourth-order valence-electron chi connectivity index (χ4n) is 1.86. The van der Waals surface area contributed by atoms with Crippen molar-refractivity contribution in [3.8, 4) is 0 Å². The van der Waals surface area contributed by atoms with Crippen molar-refractivity contribution < 1.29 is 17.9 Å². The van der Waals surface area contributed by atoms with E-state index in [1.807, 2.05) is 0 Å². The van der Waals surface area contributed by atoms with Gasteiger partial charge in [0.2, 0.25) is 0 Å². The van der Waals surface area contributed by atoms with Crippen molar-refractivity contribution in [2.45, 2.75) is 39.4 Å². The molecule has 0 amide bonds. The highest BCUT2D eigenvalue weighted by Gasteiger charge is 2.30. The summed E-state index contributed by atoms with van der Waals surface area (Å²) in [6, 6.07) is 5.12. The highest BCUT2D eigenvalue weighted by atomic mass is 19.4. The van der Waals surface area contributed by atoms with Gasteiger partial charge < -0.3 is 10.1 Å². The van der Waals surface area contributed by atoms with Crippen LogP contribution in [0.5, 0.6) is 0 Å². The molecule has 0 radical (unpaired) electrons. The van der Waals surface area contributed by atoms with E-state index < -0.39 is 11.7 Å². The quantitative estimate of drug-likeness (QED) is 0.786. The number of benzene rings is 1. The molecule has 1 atom stereocenters. The van der Waals surface area contributed by atoms with Crippen LogP contribution >= 0.6 is 0 Å². The van der Waals surface area contributed by atoms with Crippen LogP contribution in [0, 0.1) is 5.41 Å². The molecule has 1 N–H and O–H groups in total. The van der Waals surface area contributed by atoms with Crippen molar-refractivity contribution in [3.05, 3.63) is 35.4 Å². The van der Waals surface area contributed by atoms with Crippen molar-refractivity contribution in [1.82, 2.24) is 5.32 Å². The number of alkyl halides is 3. The summed E-state index contributed by atoms with van der Waals surface area (Å²) in [6.45, 7) is 7.32. The third kappa shape index (κ3) is 6.48. The van der Waals surface area contributed by atoms with Gasteiger partial charge >= 0.3 is 6.18 Å². The summed E-state index contributed by atoms with van der Waals surface area (Å²) in [4.78, 5) is 0. The first kappa shape index (κ1) is 18.0. The molecule has 0 fully saturated rings. The highest BCUT2D eigenvalue weighted by Crippen LogP contribution is 2.30. The second-order valence-electron chi connectivity index (χ2n) is 6.35. The molecular weight excluding hydrogens is 279 g/mol. The van der Waals surface area contributed by atoms with E-state index in [0.717, 1.165) is 12.5 Å². The van der Waals surface area contributed by atoms with Gasteiger partial charge in [-0.2, -0.15) is 13.2 Å². The van der Waals surface area contributed by atoms with Crippen LogP contribution in [0.15, 0.2) is 24.3 Å². The number of rotatable bonds is 6. The standard InChI is InChI=1S/C16H24F3NO/c1-15(2,3)8-9-21-11-14(20-4)12-6-5-7-13(10-12)16(17,18)19/h5-7,10,14,20H,8-9,11H2,1-4H3. The maximum atomic E-state index is 12.7. The number of hydrogen-bond donors (Lipinski definition) is 1. The Morgan fingerprint density at radius 1 is 1.19 bits per heavy atom. The van der Waals surface area contributed by atoms with E-state index in [9.17, 15) is 13.2 Å². The van der Waals surface area contributed by atoms with Crippen LogP contribution < -0.4 is 5.32 Å². The molecule has 120 valence electrons. The third-order valence-corrected chi connectivity index (χ3v) is 3.25. The Morgan fingerprint density at radius 3 is 2.38 bits per heavy atom. The predicted molar refractivity (Wildman–Crippen MR) is 78.1 cm³/mol. The minimum atomic E-state index is -4.32. The molecule has 0 heterocycles. The molecule has 0 aromatic heterocycles. The maximum Gasteiger partial charge on any atom is 0.416 e. The minimum absolute atomic E-state index is 0.186. The molecular formula is C16H24F3NO.